The van der Waals surface area contributed by atoms with E-state index in [1.54, 1.807) is 12.1 Å². The normalized spacial score (nSPS) is 10.7. The summed E-state index contributed by atoms with van der Waals surface area (Å²) in [5.74, 6) is 0.651. The Balaban J connectivity index is 1.97. The number of nitrogens with zero attached hydrogens (tertiary/aromatic N) is 2. The predicted molar refractivity (Wildman–Crippen MR) is 105 cm³/mol. The van der Waals surface area contributed by atoms with Gasteiger partial charge in [-0.2, -0.15) is 10.4 Å². The Hall–Kier alpha value is -2.91. The summed E-state index contributed by atoms with van der Waals surface area (Å²) in [4.78, 5) is 0. The second kappa shape index (κ2) is 8.81. The van der Waals surface area contributed by atoms with Gasteiger partial charge in [0, 0.05) is 5.69 Å². The molecule has 0 bridgehead atoms. The molecular weight excluding hydrogens is 332 g/mol. The first kappa shape index (κ1) is 18.4. The lowest BCUT2D eigenvalue weighted by Gasteiger charge is -2.12. The number of ether oxygens (including phenoxy) is 1. The summed E-state index contributed by atoms with van der Waals surface area (Å²) in [6, 6.07) is 15.3. The molecule has 0 aliphatic carbocycles. The van der Waals surface area contributed by atoms with Crippen LogP contribution in [0.25, 0.3) is 0 Å². The summed E-state index contributed by atoms with van der Waals surface area (Å²) >= 11 is 5.30. The van der Waals surface area contributed by atoms with E-state index in [1.807, 2.05) is 44.2 Å². The van der Waals surface area contributed by atoms with Crippen molar-refractivity contribution in [2.45, 2.75) is 20.8 Å². The highest BCUT2D eigenvalue weighted by molar-refractivity contribution is 7.80. The summed E-state index contributed by atoms with van der Waals surface area (Å²) in [6.07, 6.45) is 0. The molecule has 5 nitrogen and oxygen atoms in total. The van der Waals surface area contributed by atoms with E-state index < -0.39 is 0 Å². The van der Waals surface area contributed by atoms with Gasteiger partial charge in [-0.3, -0.25) is 5.43 Å². The van der Waals surface area contributed by atoms with Gasteiger partial charge in [0.15, 0.2) is 11.7 Å². The van der Waals surface area contributed by atoms with Crippen molar-refractivity contribution in [2.24, 2.45) is 5.10 Å². The van der Waals surface area contributed by atoms with E-state index in [0.717, 1.165) is 22.5 Å². The van der Waals surface area contributed by atoms with Gasteiger partial charge < -0.3 is 10.1 Å². The van der Waals surface area contributed by atoms with Crippen LogP contribution in [0, 0.1) is 25.2 Å². The Kier molecular flexibility index (Phi) is 6.49. The number of nitriles is 1. The van der Waals surface area contributed by atoms with Crippen molar-refractivity contribution in [3.05, 3.63) is 59.2 Å². The molecule has 0 aliphatic rings. The van der Waals surface area contributed by atoms with Crippen LogP contribution < -0.4 is 15.5 Å². The van der Waals surface area contributed by atoms with Crippen molar-refractivity contribution in [3.8, 4) is 11.8 Å². The third kappa shape index (κ3) is 5.30. The minimum Gasteiger partial charge on any atom is -0.479 e. The SMILES string of the molecule is C/C(=N/NC(=S)Nc1cccc(C)c1C)c1ccc(OCC#N)cc1. The van der Waals surface area contributed by atoms with Crippen molar-refractivity contribution in [1.82, 2.24) is 5.43 Å². The zero-order chi connectivity index (χ0) is 18.2. The van der Waals surface area contributed by atoms with Gasteiger partial charge >= 0.3 is 0 Å². The number of hydrazone groups is 1. The monoisotopic (exact) mass is 352 g/mol. The van der Waals surface area contributed by atoms with Crippen LogP contribution in [0.5, 0.6) is 5.75 Å². The zero-order valence-corrected chi connectivity index (χ0v) is 15.3. The molecule has 0 heterocycles. The molecule has 0 aromatic heterocycles. The van der Waals surface area contributed by atoms with E-state index in [2.05, 4.69) is 28.8 Å². The summed E-state index contributed by atoms with van der Waals surface area (Å²) in [5.41, 5.74) is 7.90. The Morgan fingerprint density at radius 1 is 1.20 bits per heavy atom. The fourth-order valence-electron chi connectivity index (χ4n) is 2.14. The number of aryl methyl sites for hydroxylation is 1. The minimum absolute atomic E-state index is 0.0340. The van der Waals surface area contributed by atoms with Crippen molar-refractivity contribution in [3.63, 3.8) is 0 Å². The van der Waals surface area contributed by atoms with Gasteiger partial charge in [-0.05, 0) is 80.0 Å². The van der Waals surface area contributed by atoms with Gasteiger partial charge in [-0.1, -0.05) is 12.1 Å². The van der Waals surface area contributed by atoms with Gasteiger partial charge in [0.2, 0.25) is 0 Å². The van der Waals surface area contributed by atoms with Crippen molar-refractivity contribution >= 4 is 28.7 Å². The molecule has 0 spiro atoms. The first-order chi connectivity index (χ1) is 12.0. The van der Waals surface area contributed by atoms with E-state index >= 15 is 0 Å². The molecule has 128 valence electrons. The largest absolute Gasteiger partial charge is 0.479 e. The number of thiocarbonyl (C=S) groups is 1. The molecule has 0 radical (unpaired) electrons. The maximum Gasteiger partial charge on any atom is 0.191 e. The summed E-state index contributed by atoms with van der Waals surface area (Å²) in [5, 5.41) is 16.4. The fourth-order valence-corrected chi connectivity index (χ4v) is 2.30. The lowest BCUT2D eigenvalue weighted by atomic mass is 10.1. The molecule has 0 aliphatic heterocycles. The lowest BCUT2D eigenvalue weighted by Crippen LogP contribution is -2.25. The molecule has 0 fully saturated rings. The zero-order valence-electron chi connectivity index (χ0n) is 14.5. The van der Waals surface area contributed by atoms with E-state index in [-0.39, 0.29) is 6.61 Å². The molecule has 2 N–H and O–H groups in total. The van der Waals surface area contributed by atoms with Crippen molar-refractivity contribution in [2.75, 3.05) is 11.9 Å². The van der Waals surface area contributed by atoms with Crippen LogP contribution in [-0.4, -0.2) is 17.4 Å². The van der Waals surface area contributed by atoms with Gasteiger partial charge in [0.05, 0.1) is 5.71 Å². The highest BCUT2D eigenvalue weighted by Gasteiger charge is 2.03. The predicted octanol–water partition coefficient (Wildman–Crippen LogP) is 3.92. The summed E-state index contributed by atoms with van der Waals surface area (Å²) in [7, 11) is 0. The third-order valence-electron chi connectivity index (χ3n) is 3.75. The van der Waals surface area contributed by atoms with Crippen molar-refractivity contribution in [1.29, 1.82) is 5.26 Å². The van der Waals surface area contributed by atoms with Crippen LogP contribution in [-0.2, 0) is 0 Å². The maximum absolute atomic E-state index is 8.51. The molecule has 2 aromatic carbocycles. The molecular formula is C19H20N4OS. The van der Waals surface area contributed by atoms with Crippen LogP contribution in [0.1, 0.15) is 23.6 Å². The quantitative estimate of drug-likeness (QED) is 0.485. The molecule has 0 saturated carbocycles. The van der Waals surface area contributed by atoms with E-state index in [9.17, 15) is 0 Å². The van der Waals surface area contributed by atoms with Crippen molar-refractivity contribution < 1.29 is 4.74 Å². The third-order valence-corrected chi connectivity index (χ3v) is 3.95. The molecule has 25 heavy (non-hydrogen) atoms. The number of rotatable bonds is 5. The average Bonchev–Trinajstić information content (AvgIpc) is 2.62. The van der Waals surface area contributed by atoms with Crippen LogP contribution in [0.3, 0.4) is 0 Å². The molecule has 6 heteroatoms. The fraction of sp³-hybridized carbons (Fsp3) is 0.211. The van der Waals surface area contributed by atoms with Crippen LogP contribution >= 0.6 is 12.2 Å². The van der Waals surface area contributed by atoms with Crippen LogP contribution in [0.15, 0.2) is 47.6 Å². The average molecular weight is 352 g/mol. The van der Waals surface area contributed by atoms with Gasteiger partial charge in [-0.25, -0.2) is 0 Å². The van der Waals surface area contributed by atoms with Gasteiger partial charge in [0.1, 0.15) is 11.8 Å². The number of benzene rings is 2. The number of anilines is 1. The molecule has 0 unspecified atom stereocenters. The van der Waals surface area contributed by atoms with E-state index in [4.69, 9.17) is 22.2 Å². The smallest absolute Gasteiger partial charge is 0.191 e. The second-order valence-electron chi connectivity index (χ2n) is 5.48. The number of hydrogen-bond donors (Lipinski definition) is 2. The van der Waals surface area contributed by atoms with Gasteiger partial charge in [0.25, 0.3) is 0 Å². The molecule has 2 rings (SSSR count). The molecule has 0 amide bonds. The standard InChI is InChI=1S/C19H20N4OS/c1-13-5-4-6-18(14(13)2)21-19(25)23-22-15(3)16-7-9-17(10-8-16)24-12-11-20/h4-10H,12H2,1-3H3,(H2,21,23,25)/b22-15-. The van der Waals surface area contributed by atoms with Crippen LogP contribution in [0.4, 0.5) is 5.69 Å². The topological polar surface area (TPSA) is 69.4 Å². The summed E-state index contributed by atoms with van der Waals surface area (Å²) in [6.45, 7) is 6.03. The highest BCUT2D eigenvalue weighted by atomic mass is 32.1. The maximum atomic E-state index is 8.51. The molecule has 2 aromatic rings. The summed E-state index contributed by atoms with van der Waals surface area (Å²) < 4.78 is 5.23. The second-order valence-corrected chi connectivity index (χ2v) is 5.89. The lowest BCUT2D eigenvalue weighted by molar-refractivity contribution is 0.368. The number of hydrogen-bond acceptors (Lipinski definition) is 4. The highest BCUT2D eigenvalue weighted by Crippen LogP contribution is 2.17. The van der Waals surface area contributed by atoms with E-state index in [0.29, 0.717) is 10.9 Å². The Labute approximate surface area is 153 Å². The Morgan fingerprint density at radius 2 is 1.92 bits per heavy atom. The molecule has 0 atom stereocenters. The first-order valence-electron chi connectivity index (χ1n) is 7.79. The van der Waals surface area contributed by atoms with Crippen LogP contribution in [0.2, 0.25) is 0 Å². The Morgan fingerprint density at radius 3 is 2.60 bits per heavy atom. The van der Waals surface area contributed by atoms with E-state index in [1.165, 1.54) is 5.56 Å². The Bertz CT molecular complexity index is 822. The first-order valence-corrected chi connectivity index (χ1v) is 8.19. The number of nitrogens with one attached hydrogen (secondary N) is 2. The minimum atomic E-state index is 0.0340. The molecule has 0 saturated heterocycles. The van der Waals surface area contributed by atoms with Gasteiger partial charge in [-0.15, -0.1) is 0 Å².